The number of nitrogens with zero attached hydrogens (tertiary/aromatic N) is 3. The molecule has 0 atom stereocenters. The van der Waals surface area contributed by atoms with Crippen molar-refractivity contribution in [3.8, 4) is 0 Å². The number of aryl methyl sites for hydroxylation is 4. The van der Waals surface area contributed by atoms with Gasteiger partial charge in [-0.3, -0.25) is 4.98 Å². The molecular formula is C29H27N3W4-2. The minimum atomic E-state index is 0. The Kier molecular flexibility index (Phi) is 12.0. The van der Waals surface area contributed by atoms with E-state index in [0.29, 0.717) is 0 Å². The van der Waals surface area contributed by atoms with Crippen LogP contribution in [0, 0.1) is 41.8 Å². The summed E-state index contributed by atoms with van der Waals surface area (Å²) in [4.78, 5) is 4.50. The number of pyridine rings is 1. The first kappa shape index (κ1) is 32.9. The van der Waals surface area contributed by atoms with E-state index in [1.165, 1.54) is 43.9 Å². The summed E-state index contributed by atoms with van der Waals surface area (Å²) in [5, 5.41) is 3.75. The van der Waals surface area contributed by atoms with E-state index >= 15 is 0 Å². The van der Waals surface area contributed by atoms with Gasteiger partial charge < -0.3 is 9.13 Å². The van der Waals surface area contributed by atoms with Gasteiger partial charge >= 0.3 is 0 Å². The minimum Gasteiger partial charge on any atom is -0.481 e. The van der Waals surface area contributed by atoms with Gasteiger partial charge in [0.15, 0.2) is 0 Å². The summed E-state index contributed by atoms with van der Waals surface area (Å²) in [5.74, 6) is 0. The van der Waals surface area contributed by atoms with E-state index in [-0.39, 0.29) is 84.3 Å². The van der Waals surface area contributed by atoms with Crippen LogP contribution in [0.25, 0.3) is 43.7 Å². The van der Waals surface area contributed by atoms with Crippen LogP contribution >= 0.6 is 0 Å². The molecule has 0 saturated carbocycles. The standard InChI is InChI=1S/C15H14N.C14H13N2.4W/c1-10-4-6-12-13-7-5-11(2)9-15(13)16(3)14(12)8-10;1-9-4-5-11-12(6-9)16(3)13-7-10(2)8-15-14(11)13;;;;/h4-9H,3H2,1-2H3;4-8H,3H2,1-2H3;;;;/q2*-1;;;;. The number of hydrogen-bond donors (Lipinski definition) is 0. The summed E-state index contributed by atoms with van der Waals surface area (Å²) in [5.41, 5.74) is 10.7. The zero-order valence-corrected chi connectivity index (χ0v) is 32.5. The number of fused-ring (bicyclic) bond motifs is 6. The predicted octanol–water partition coefficient (Wildman–Crippen LogP) is 7.49. The molecule has 3 heterocycles. The molecule has 3 aromatic carbocycles. The van der Waals surface area contributed by atoms with Crippen molar-refractivity contribution in [2.24, 2.45) is 0 Å². The van der Waals surface area contributed by atoms with E-state index in [4.69, 9.17) is 0 Å². The first-order valence-corrected chi connectivity index (χ1v) is 10.8. The molecule has 0 amide bonds. The van der Waals surface area contributed by atoms with Gasteiger partial charge in [0.1, 0.15) is 0 Å². The van der Waals surface area contributed by atoms with Gasteiger partial charge in [-0.05, 0) is 44.2 Å². The molecule has 0 aliphatic carbocycles. The predicted molar refractivity (Wildman–Crippen MR) is 137 cm³/mol. The van der Waals surface area contributed by atoms with Crippen molar-refractivity contribution in [1.29, 1.82) is 0 Å². The van der Waals surface area contributed by atoms with Crippen molar-refractivity contribution in [3.05, 3.63) is 103 Å². The molecule has 0 saturated heterocycles. The second kappa shape index (κ2) is 13.1. The van der Waals surface area contributed by atoms with Crippen molar-refractivity contribution in [1.82, 2.24) is 14.1 Å². The summed E-state index contributed by atoms with van der Waals surface area (Å²) in [6, 6.07) is 21.6. The molecule has 3 nitrogen and oxygen atoms in total. The molecule has 6 rings (SSSR count). The smallest absolute Gasteiger partial charge is 0.0286 e. The van der Waals surface area contributed by atoms with Crippen LogP contribution in [-0.2, 0) is 84.3 Å². The molecule has 184 valence electrons. The molecule has 7 heteroatoms. The number of benzene rings is 3. The number of aromatic nitrogens is 3. The maximum Gasteiger partial charge on any atom is 0.0286 e. The van der Waals surface area contributed by atoms with E-state index in [0.717, 1.165) is 22.1 Å². The molecule has 3 aromatic heterocycles. The van der Waals surface area contributed by atoms with Gasteiger partial charge in [0.2, 0.25) is 0 Å². The minimum absolute atomic E-state index is 0. The van der Waals surface area contributed by atoms with Crippen LogP contribution in [0.15, 0.2) is 66.9 Å². The molecule has 0 bridgehead atoms. The summed E-state index contributed by atoms with van der Waals surface area (Å²) in [7, 11) is 8.23. The summed E-state index contributed by atoms with van der Waals surface area (Å²) < 4.78 is 4.00. The van der Waals surface area contributed by atoms with E-state index in [2.05, 4.69) is 107 Å². The van der Waals surface area contributed by atoms with Crippen molar-refractivity contribution >= 4 is 43.7 Å². The summed E-state index contributed by atoms with van der Waals surface area (Å²) in [6.45, 7) is 8.37. The van der Waals surface area contributed by atoms with Crippen molar-refractivity contribution in [3.63, 3.8) is 0 Å². The second-order valence-corrected chi connectivity index (χ2v) is 8.80. The average Bonchev–Trinajstić information content (AvgIpc) is 3.19. The van der Waals surface area contributed by atoms with Crippen molar-refractivity contribution in [2.75, 3.05) is 0 Å². The van der Waals surface area contributed by atoms with Gasteiger partial charge in [-0.2, -0.15) is 0 Å². The third-order valence-corrected chi connectivity index (χ3v) is 6.17. The average molecular weight is 1150 g/mol. The molecular weight excluding hydrogens is 1130 g/mol. The fourth-order valence-corrected chi connectivity index (χ4v) is 4.48. The molecule has 0 spiro atoms. The van der Waals surface area contributed by atoms with Crippen LogP contribution in [0.1, 0.15) is 22.3 Å². The van der Waals surface area contributed by atoms with Crippen LogP contribution in [0.5, 0.6) is 0 Å². The maximum atomic E-state index is 4.50. The molecule has 0 aliphatic heterocycles. The van der Waals surface area contributed by atoms with E-state index in [9.17, 15) is 0 Å². The van der Waals surface area contributed by atoms with Crippen LogP contribution in [0.2, 0.25) is 0 Å². The van der Waals surface area contributed by atoms with E-state index < -0.39 is 0 Å². The Morgan fingerprint density at radius 3 is 1.33 bits per heavy atom. The van der Waals surface area contributed by atoms with Gasteiger partial charge in [-0.25, -0.2) is 0 Å². The normalized spacial score (nSPS) is 10.1. The quantitative estimate of drug-likeness (QED) is 0.145. The molecule has 0 N–H and O–H groups in total. The Morgan fingerprint density at radius 2 is 0.861 bits per heavy atom. The van der Waals surface area contributed by atoms with E-state index in [1.807, 2.05) is 15.3 Å². The first-order valence-electron chi connectivity index (χ1n) is 10.8. The topological polar surface area (TPSA) is 22.8 Å². The fraction of sp³-hybridized carbons (Fsp3) is 0.138. The summed E-state index contributed by atoms with van der Waals surface area (Å²) in [6.07, 6.45) is 1.90. The zero-order chi connectivity index (χ0) is 22.6. The van der Waals surface area contributed by atoms with Gasteiger partial charge in [0, 0.05) is 96.0 Å². The molecule has 0 fully saturated rings. The molecule has 0 aliphatic rings. The Labute approximate surface area is 270 Å². The Balaban J connectivity index is 0.000000324. The Hall–Kier alpha value is -1.10. The molecule has 6 aromatic rings. The largest absolute Gasteiger partial charge is 0.481 e. The zero-order valence-electron chi connectivity index (χ0n) is 20.7. The third kappa shape index (κ3) is 5.97. The van der Waals surface area contributed by atoms with Crippen LogP contribution < -0.4 is 0 Å². The van der Waals surface area contributed by atoms with Crippen LogP contribution in [0.3, 0.4) is 0 Å². The maximum absolute atomic E-state index is 4.50. The van der Waals surface area contributed by atoms with Gasteiger partial charge in [0.05, 0.1) is 0 Å². The Bertz CT molecular complexity index is 1410. The summed E-state index contributed by atoms with van der Waals surface area (Å²) >= 11 is 0. The second-order valence-electron chi connectivity index (χ2n) is 8.80. The van der Waals surface area contributed by atoms with E-state index in [1.54, 1.807) is 0 Å². The number of rotatable bonds is 0. The monoisotopic (exact) mass is 1150 g/mol. The van der Waals surface area contributed by atoms with Crippen molar-refractivity contribution < 1.29 is 84.3 Å². The first-order chi connectivity index (χ1) is 15.3. The van der Waals surface area contributed by atoms with Gasteiger partial charge in [-0.15, -0.1) is 14.1 Å². The van der Waals surface area contributed by atoms with Crippen molar-refractivity contribution in [2.45, 2.75) is 27.7 Å². The van der Waals surface area contributed by atoms with Crippen LogP contribution in [-0.4, -0.2) is 14.1 Å². The molecule has 36 heavy (non-hydrogen) atoms. The van der Waals surface area contributed by atoms with Crippen LogP contribution in [0.4, 0.5) is 0 Å². The molecule has 0 unspecified atom stereocenters. The SMILES string of the molecule is [CH2-]n1c2cc(C)ccc2c2ccc(C)cc21.[CH2-]n1c2cc(C)ccc2c2ncc(C)cc21.[W].[W].[W].[W]. The van der Waals surface area contributed by atoms with Gasteiger partial charge in [-0.1, -0.05) is 105 Å². The third-order valence-electron chi connectivity index (χ3n) is 6.17. The van der Waals surface area contributed by atoms with Gasteiger partial charge in [0.25, 0.3) is 0 Å². The number of hydrogen-bond acceptors (Lipinski definition) is 1. The molecule has 0 radical (unpaired) electrons. The fourth-order valence-electron chi connectivity index (χ4n) is 4.48. The Morgan fingerprint density at radius 1 is 0.500 bits per heavy atom.